The van der Waals surface area contributed by atoms with E-state index >= 15 is 0 Å². The van der Waals surface area contributed by atoms with E-state index in [4.69, 9.17) is 4.74 Å². The molecule has 0 aromatic heterocycles. The second-order valence-electron chi connectivity index (χ2n) is 6.01. The van der Waals surface area contributed by atoms with Gasteiger partial charge < -0.3 is 15.0 Å². The number of thioether (sulfide) groups is 1. The Morgan fingerprint density at radius 2 is 1.81 bits per heavy atom. The Morgan fingerprint density at radius 3 is 2.48 bits per heavy atom. The highest BCUT2D eigenvalue weighted by Crippen LogP contribution is 2.23. The van der Waals surface area contributed by atoms with E-state index in [2.05, 4.69) is 5.32 Å². The standard InChI is InChI=1S/C20H20N2O4S/c23-18(13-26-20(25)14-27-17-5-2-1-3-6-17)21-15-8-10-16(11-9-15)22-12-4-7-19(22)24/h1-3,5-6,8-11H,4,7,12-14H2,(H,21,23). The molecule has 1 aliphatic heterocycles. The van der Waals surface area contributed by atoms with Crippen molar-refractivity contribution in [2.45, 2.75) is 17.7 Å². The lowest BCUT2D eigenvalue weighted by Gasteiger charge is -2.16. The minimum atomic E-state index is -0.443. The van der Waals surface area contributed by atoms with E-state index in [0.29, 0.717) is 12.1 Å². The summed E-state index contributed by atoms with van der Waals surface area (Å²) in [6.07, 6.45) is 1.44. The van der Waals surface area contributed by atoms with Crippen LogP contribution in [0.3, 0.4) is 0 Å². The molecule has 1 saturated heterocycles. The molecule has 6 nitrogen and oxygen atoms in total. The van der Waals surface area contributed by atoms with E-state index < -0.39 is 11.9 Å². The number of carbonyl (C=O) groups excluding carboxylic acids is 3. The maximum Gasteiger partial charge on any atom is 0.316 e. The SMILES string of the molecule is O=C(COC(=O)CSc1ccccc1)Nc1ccc(N2CCCC2=O)cc1. The van der Waals surface area contributed by atoms with Crippen LogP contribution in [0.5, 0.6) is 0 Å². The van der Waals surface area contributed by atoms with E-state index in [1.807, 2.05) is 30.3 Å². The number of hydrogen-bond acceptors (Lipinski definition) is 5. The van der Waals surface area contributed by atoms with Crippen LogP contribution in [0.15, 0.2) is 59.5 Å². The van der Waals surface area contributed by atoms with Crippen LogP contribution in [0, 0.1) is 0 Å². The molecule has 2 amide bonds. The zero-order valence-corrected chi connectivity index (χ0v) is 15.5. The largest absolute Gasteiger partial charge is 0.455 e. The zero-order valence-electron chi connectivity index (χ0n) is 14.7. The third-order valence-electron chi connectivity index (χ3n) is 4.00. The topological polar surface area (TPSA) is 75.7 Å². The number of nitrogens with zero attached hydrogens (tertiary/aromatic N) is 1. The summed E-state index contributed by atoms with van der Waals surface area (Å²) in [5.41, 5.74) is 1.41. The van der Waals surface area contributed by atoms with Crippen LogP contribution in [0.25, 0.3) is 0 Å². The fourth-order valence-corrected chi connectivity index (χ4v) is 3.41. The predicted octanol–water partition coefficient (Wildman–Crippen LogP) is 3.09. The van der Waals surface area contributed by atoms with Gasteiger partial charge in [0.25, 0.3) is 5.91 Å². The van der Waals surface area contributed by atoms with E-state index in [9.17, 15) is 14.4 Å². The summed E-state index contributed by atoms with van der Waals surface area (Å²) in [6.45, 7) is 0.391. The van der Waals surface area contributed by atoms with Crippen molar-refractivity contribution in [3.05, 3.63) is 54.6 Å². The smallest absolute Gasteiger partial charge is 0.316 e. The third kappa shape index (κ3) is 5.59. The molecule has 0 unspecified atom stereocenters. The summed E-state index contributed by atoms with van der Waals surface area (Å²) in [6, 6.07) is 16.6. The fraction of sp³-hybridized carbons (Fsp3) is 0.250. The minimum absolute atomic E-state index is 0.118. The average molecular weight is 384 g/mol. The highest BCUT2D eigenvalue weighted by molar-refractivity contribution is 8.00. The first-order valence-electron chi connectivity index (χ1n) is 8.65. The summed E-state index contributed by atoms with van der Waals surface area (Å²) in [5.74, 6) is -0.581. The summed E-state index contributed by atoms with van der Waals surface area (Å²) < 4.78 is 4.99. The Bertz CT molecular complexity index is 808. The van der Waals surface area contributed by atoms with Crippen LogP contribution >= 0.6 is 11.8 Å². The van der Waals surface area contributed by atoms with Gasteiger partial charge in [-0.05, 0) is 42.8 Å². The third-order valence-corrected chi connectivity index (χ3v) is 4.99. The number of hydrogen-bond donors (Lipinski definition) is 1. The molecular weight excluding hydrogens is 364 g/mol. The predicted molar refractivity (Wildman–Crippen MR) is 105 cm³/mol. The number of anilines is 2. The van der Waals surface area contributed by atoms with Gasteiger partial charge in [-0.3, -0.25) is 14.4 Å². The molecule has 0 spiro atoms. The number of carbonyl (C=O) groups is 3. The normalized spacial score (nSPS) is 13.5. The van der Waals surface area contributed by atoms with Gasteiger partial charge >= 0.3 is 5.97 Å². The van der Waals surface area contributed by atoms with Gasteiger partial charge in [-0.15, -0.1) is 11.8 Å². The zero-order chi connectivity index (χ0) is 19.1. The number of esters is 1. The van der Waals surface area contributed by atoms with Crippen molar-refractivity contribution in [1.82, 2.24) is 0 Å². The van der Waals surface area contributed by atoms with E-state index in [1.165, 1.54) is 11.8 Å². The van der Waals surface area contributed by atoms with Gasteiger partial charge in [-0.2, -0.15) is 0 Å². The van der Waals surface area contributed by atoms with Crippen molar-refractivity contribution in [3.63, 3.8) is 0 Å². The molecule has 0 bridgehead atoms. The lowest BCUT2D eigenvalue weighted by Crippen LogP contribution is -2.24. The summed E-state index contributed by atoms with van der Waals surface area (Å²) in [5, 5.41) is 2.67. The van der Waals surface area contributed by atoms with Crippen LogP contribution in [-0.4, -0.2) is 36.7 Å². The van der Waals surface area contributed by atoms with Crippen LogP contribution in [0.4, 0.5) is 11.4 Å². The minimum Gasteiger partial charge on any atom is -0.455 e. The van der Waals surface area contributed by atoms with Crippen molar-refractivity contribution in [3.8, 4) is 0 Å². The molecule has 1 aliphatic rings. The Balaban J connectivity index is 1.41. The lowest BCUT2D eigenvalue weighted by molar-refractivity contribution is -0.144. The first-order valence-corrected chi connectivity index (χ1v) is 9.64. The number of amides is 2. The summed E-state index contributed by atoms with van der Waals surface area (Å²) >= 11 is 1.36. The highest BCUT2D eigenvalue weighted by atomic mass is 32.2. The summed E-state index contributed by atoms with van der Waals surface area (Å²) in [7, 11) is 0. The van der Waals surface area contributed by atoms with Crippen LogP contribution in [-0.2, 0) is 19.1 Å². The molecule has 2 aromatic rings. The molecule has 1 heterocycles. The van der Waals surface area contributed by atoms with E-state index in [0.717, 1.165) is 23.5 Å². The molecule has 140 valence electrons. The Kier molecular flexibility index (Phi) is 6.49. The molecule has 0 radical (unpaired) electrons. The van der Waals surface area contributed by atoms with E-state index in [1.54, 1.807) is 29.2 Å². The van der Waals surface area contributed by atoms with Gasteiger partial charge in [0.1, 0.15) is 0 Å². The van der Waals surface area contributed by atoms with Crippen molar-refractivity contribution in [1.29, 1.82) is 0 Å². The van der Waals surface area contributed by atoms with Crippen LogP contribution in [0.1, 0.15) is 12.8 Å². The Labute approximate surface area is 161 Å². The van der Waals surface area contributed by atoms with Gasteiger partial charge in [-0.1, -0.05) is 18.2 Å². The average Bonchev–Trinajstić information content (AvgIpc) is 3.12. The number of nitrogens with one attached hydrogen (secondary N) is 1. The second-order valence-corrected chi connectivity index (χ2v) is 7.06. The van der Waals surface area contributed by atoms with Crippen LogP contribution < -0.4 is 10.2 Å². The molecule has 0 saturated carbocycles. The van der Waals surface area contributed by atoms with Crippen molar-refractivity contribution >= 4 is 40.9 Å². The maximum absolute atomic E-state index is 11.9. The monoisotopic (exact) mass is 384 g/mol. The van der Waals surface area contributed by atoms with Crippen LogP contribution in [0.2, 0.25) is 0 Å². The van der Waals surface area contributed by atoms with E-state index in [-0.39, 0.29) is 18.3 Å². The van der Waals surface area contributed by atoms with Gasteiger partial charge in [0.05, 0.1) is 5.75 Å². The molecule has 1 fully saturated rings. The quantitative estimate of drug-likeness (QED) is 0.586. The first kappa shape index (κ1) is 19.0. The maximum atomic E-state index is 11.9. The molecule has 3 rings (SSSR count). The molecule has 0 aliphatic carbocycles. The Hall–Kier alpha value is -2.80. The van der Waals surface area contributed by atoms with Crippen molar-refractivity contribution in [2.24, 2.45) is 0 Å². The first-order chi connectivity index (χ1) is 13.1. The lowest BCUT2D eigenvalue weighted by atomic mass is 10.2. The summed E-state index contributed by atoms with van der Waals surface area (Å²) in [4.78, 5) is 38.1. The molecule has 7 heteroatoms. The van der Waals surface area contributed by atoms with Gasteiger partial charge in [0.15, 0.2) is 6.61 Å². The number of rotatable bonds is 7. The number of benzene rings is 2. The Morgan fingerprint density at radius 1 is 1.07 bits per heavy atom. The molecule has 2 aromatic carbocycles. The molecule has 27 heavy (non-hydrogen) atoms. The highest BCUT2D eigenvalue weighted by Gasteiger charge is 2.21. The fourth-order valence-electron chi connectivity index (χ4n) is 2.69. The van der Waals surface area contributed by atoms with Gasteiger partial charge in [-0.25, -0.2) is 0 Å². The molecular formula is C20H20N2O4S. The second kappa shape index (κ2) is 9.23. The van der Waals surface area contributed by atoms with Crippen molar-refractivity contribution < 1.29 is 19.1 Å². The number of ether oxygens (including phenoxy) is 1. The van der Waals surface area contributed by atoms with Crippen molar-refractivity contribution in [2.75, 3.05) is 29.1 Å². The molecule has 0 atom stereocenters. The van der Waals surface area contributed by atoms with Gasteiger partial charge in [0.2, 0.25) is 5.91 Å². The molecule has 1 N–H and O–H groups in total. The van der Waals surface area contributed by atoms with Gasteiger partial charge in [0, 0.05) is 29.2 Å².